The van der Waals surface area contributed by atoms with Crippen LogP contribution in [-0.4, -0.2) is 219 Å². The third-order valence-corrected chi connectivity index (χ3v) is 51.7. The normalized spacial score (nSPS) is 38.6. The van der Waals surface area contributed by atoms with Crippen LogP contribution >= 0.6 is 71.3 Å². The number of ether oxygens (including phenoxy) is 5. The molecule has 93 heavy (non-hydrogen) atoms. The minimum atomic E-state index is -0.353. The molecule has 20 atom stereocenters. The molecule has 0 bridgehead atoms. The van der Waals surface area contributed by atoms with Crippen molar-refractivity contribution in [1.82, 2.24) is 0 Å². The molecule has 10 saturated heterocycles. The van der Waals surface area contributed by atoms with E-state index in [0.29, 0.717) is 101 Å². The molecule has 14 heteroatoms. The maximum absolute atomic E-state index is 6.14. The summed E-state index contributed by atoms with van der Waals surface area (Å²) in [6.07, 6.45) is 29.4. The van der Waals surface area contributed by atoms with Crippen LogP contribution in [0.15, 0.2) is 47.2 Å². The number of rotatable bonds is 6. The number of hydrogen-bond donors (Lipinski definition) is 0. The molecule has 0 saturated carbocycles. The SMILES string of the molecule is C=C=C=C(C)CO[C@H]1[C@H](OCC(C)=C=C=C)[C@H](C)P(C)[C@H]1C.CP1CCCC1(C)C.CP1CCCCC1(C)C.C[C@H]1CCCCP1C.C[C@H]1CCCP1C.C[C@H]1CCC[C@H](C)P1C.C[C@H]1CC[C@H](C)P1C.C[C@H]1COC[C@H](C)P1C.C[C@H]1[C@H]2OC(C)(C)O[C@@H]2[C@H](C)P1C. The van der Waals surface area contributed by atoms with Crippen LogP contribution < -0.4 is 0 Å². The fourth-order valence-corrected chi connectivity index (χ4v) is 31.0. The summed E-state index contributed by atoms with van der Waals surface area (Å²) in [4.78, 5) is 0. The zero-order valence-corrected chi connectivity index (χ0v) is 74.5. The van der Waals surface area contributed by atoms with Crippen LogP contribution in [0.4, 0.5) is 0 Å². The van der Waals surface area contributed by atoms with Gasteiger partial charge in [0, 0.05) is 33.8 Å². The van der Waals surface area contributed by atoms with Crippen LogP contribution in [0.25, 0.3) is 0 Å². The largest absolute Gasteiger partial charge is 0.380 e. The highest BCUT2D eigenvalue weighted by Crippen LogP contribution is 2.59. The van der Waals surface area contributed by atoms with Crippen molar-refractivity contribution < 1.29 is 23.7 Å². The first kappa shape index (κ1) is 91.4. The molecule has 0 N–H and O–H groups in total. The van der Waals surface area contributed by atoms with Gasteiger partial charge < -0.3 is 23.7 Å². The molecule has 10 aliphatic rings. The molecule has 10 aliphatic heterocycles. The van der Waals surface area contributed by atoms with E-state index in [1.807, 2.05) is 27.7 Å². The Morgan fingerprint density at radius 1 is 0.398 bits per heavy atom. The van der Waals surface area contributed by atoms with Crippen molar-refractivity contribution in [1.29, 1.82) is 0 Å². The molecule has 0 spiro atoms. The molecule has 0 aromatic heterocycles. The van der Waals surface area contributed by atoms with Gasteiger partial charge in [0.2, 0.25) is 0 Å². The Morgan fingerprint density at radius 2 is 0.742 bits per heavy atom. The first-order chi connectivity index (χ1) is 43.3. The van der Waals surface area contributed by atoms with Gasteiger partial charge in [-0.15, -0.1) is 47.5 Å². The predicted octanol–water partition coefficient (Wildman–Crippen LogP) is 25.2. The fraction of sp³-hybridized carbons (Fsp3) is 0.899. The molecule has 10 heterocycles. The lowest BCUT2D eigenvalue weighted by atomic mass is 10.1. The average molecular weight is 1460 g/mol. The molecule has 10 fully saturated rings. The Hall–Kier alpha value is 2.27. The van der Waals surface area contributed by atoms with Crippen molar-refractivity contribution in [3.63, 3.8) is 0 Å². The Morgan fingerprint density at radius 3 is 1.03 bits per heavy atom. The van der Waals surface area contributed by atoms with Gasteiger partial charge >= 0.3 is 0 Å². The van der Waals surface area contributed by atoms with Gasteiger partial charge in [-0.05, 0) is 258 Å². The maximum atomic E-state index is 6.14. The molecule has 0 amide bonds. The molecule has 0 aliphatic carbocycles. The molecule has 4 unspecified atom stereocenters. The third-order valence-electron chi connectivity index (χ3n) is 23.6. The lowest BCUT2D eigenvalue weighted by Crippen LogP contribution is -2.36. The Labute approximate surface area is 592 Å². The zero-order valence-electron chi connectivity index (χ0n) is 66.5. The molecular weight excluding hydrogens is 1310 g/mol. The number of hydrogen-bond acceptors (Lipinski definition) is 5. The van der Waals surface area contributed by atoms with E-state index in [-0.39, 0.29) is 41.8 Å². The zero-order chi connectivity index (χ0) is 70.7. The van der Waals surface area contributed by atoms with Gasteiger partial charge in [-0.3, -0.25) is 0 Å². The summed E-state index contributed by atoms with van der Waals surface area (Å²) in [5, 5.41) is 1.42. The third kappa shape index (κ3) is 32.4. The van der Waals surface area contributed by atoms with Gasteiger partial charge in [0.1, 0.15) is 0 Å². The van der Waals surface area contributed by atoms with Crippen molar-refractivity contribution >= 4 is 71.3 Å². The first-order valence-corrected chi connectivity index (χ1v) is 54.8. The molecular formula is C79H153O5P9. The van der Waals surface area contributed by atoms with Gasteiger partial charge in [0.05, 0.1) is 50.8 Å². The molecule has 0 aromatic rings. The smallest absolute Gasteiger partial charge is 0.163 e. The molecule has 10 rings (SSSR count). The van der Waals surface area contributed by atoms with Crippen LogP contribution in [0, 0.1) is 0 Å². The van der Waals surface area contributed by atoms with Crippen LogP contribution in [-0.2, 0) is 23.7 Å². The van der Waals surface area contributed by atoms with Gasteiger partial charge in [0.15, 0.2) is 5.79 Å². The van der Waals surface area contributed by atoms with Crippen LogP contribution in [0.3, 0.4) is 0 Å². The summed E-state index contributed by atoms with van der Waals surface area (Å²) in [7, 11) is 2.72. The molecule has 544 valence electrons. The van der Waals surface area contributed by atoms with E-state index in [9.17, 15) is 0 Å². The van der Waals surface area contributed by atoms with Gasteiger partial charge in [-0.25, -0.2) is 0 Å². The van der Waals surface area contributed by atoms with Crippen molar-refractivity contribution in [2.45, 2.75) is 343 Å². The first-order valence-electron chi connectivity index (χ1n) is 37.2. The number of fused-ring (bicyclic) bond motifs is 1. The molecule has 5 nitrogen and oxygen atoms in total. The summed E-state index contributed by atoms with van der Waals surface area (Å²) in [6.45, 7) is 77.7. The van der Waals surface area contributed by atoms with Gasteiger partial charge in [0.25, 0.3) is 0 Å². The quantitative estimate of drug-likeness (QED) is 0.196. The van der Waals surface area contributed by atoms with Crippen LogP contribution in [0.2, 0.25) is 0 Å². The van der Waals surface area contributed by atoms with E-state index in [1.54, 1.807) is 0 Å². The summed E-state index contributed by atoms with van der Waals surface area (Å²) in [6, 6.07) is 0. The average Bonchev–Trinajstić information content (AvgIpc) is 1.62. The van der Waals surface area contributed by atoms with E-state index >= 15 is 0 Å². The van der Waals surface area contributed by atoms with Crippen molar-refractivity contribution in [3.8, 4) is 0 Å². The molecule has 0 aromatic carbocycles. The summed E-state index contributed by atoms with van der Waals surface area (Å²) in [5.74, 6) is -0.353. The summed E-state index contributed by atoms with van der Waals surface area (Å²) < 4.78 is 29.5. The summed E-state index contributed by atoms with van der Waals surface area (Å²) >= 11 is 0. The Balaban J connectivity index is 0.000000367. The topological polar surface area (TPSA) is 46.2 Å². The molecule has 0 radical (unpaired) electrons. The maximum Gasteiger partial charge on any atom is 0.163 e. The highest BCUT2D eigenvalue weighted by Gasteiger charge is 2.54. The minimum Gasteiger partial charge on any atom is -0.380 e. The second kappa shape index (κ2) is 46.2. The van der Waals surface area contributed by atoms with E-state index in [4.69, 9.17) is 23.7 Å². The van der Waals surface area contributed by atoms with Crippen LogP contribution in [0.1, 0.15) is 235 Å². The van der Waals surface area contributed by atoms with Gasteiger partial charge in [-0.1, -0.05) is 177 Å². The monoisotopic (exact) mass is 1460 g/mol. The fourth-order valence-electron chi connectivity index (χ4n) is 14.0. The van der Waals surface area contributed by atoms with E-state index < -0.39 is 0 Å². The Bertz CT molecular complexity index is 2090. The van der Waals surface area contributed by atoms with E-state index in [1.165, 1.54) is 121 Å². The second-order valence-electron chi connectivity index (χ2n) is 32.0. The second-order valence-corrected chi connectivity index (χ2v) is 59.0. The van der Waals surface area contributed by atoms with Crippen molar-refractivity contribution in [2.24, 2.45) is 0 Å². The highest BCUT2D eigenvalue weighted by atomic mass is 31.1. The van der Waals surface area contributed by atoms with Crippen molar-refractivity contribution in [3.05, 3.63) is 47.2 Å². The lowest BCUT2D eigenvalue weighted by Gasteiger charge is -2.36. The van der Waals surface area contributed by atoms with Crippen molar-refractivity contribution in [2.75, 3.05) is 111 Å². The standard InChI is InChI=1S/C19H27O2P.C10H19O2P.2C8H17P.C7H15OP.3C7H15P.C6H13P/c1-8-10-14(3)12-20-18-16(5)22(7)17(6)19(18)21-13-15(4)11-9-2;1-6-8-9(7(2)13(6)5)12-10(3,4)11-8;1-8(2)6-4-5-7-9(8)3;1-7-5-4-6-8(2)9(7)3;1-6-4-8-5-7(2)9(6)3;1-7(2)5-4-6-8(7)3;1-6-4-5-7(2)8(6)3;1-7-5-3-4-6-8(7)2;1-6-4-3-5-7(6)2/h16-19H,1-2,12-13H2,3-7H3;6-9H,1-5H3;4-7H2,1-3H3;7-8H,4-6H2,1-3H3;6-7H,4-5H2,1-3H3;4-6H2,1-3H3;6-7H,4-5H2,1-3H3;7H,3-6H2,1-2H3;6H,3-5H2,1-2H3/t16-,17-,18+,19+;6-,7-,8+,9+;;7-,8-;6-,7-;;6-,7-;7-,8?;6-,7?/m00.00.000/s1. The Kier molecular flexibility index (Phi) is 45.4. The predicted molar refractivity (Wildman–Crippen MR) is 444 cm³/mol. The minimum absolute atomic E-state index is 0.0879. The van der Waals surface area contributed by atoms with Crippen LogP contribution in [0.5, 0.6) is 0 Å². The van der Waals surface area contributed by atoms with Gasteiger partial charge in [-0.2, -0.15) is 0 Å². The van der Waals surface area contributed by atoms with E-state index in [2.05, 4.69) is 207 Å². The highest BCUT2D eigenvalue weighted by molar-refractivity contribution is 7.60. The lowest BCUT2D eigenvalue weighted by molar-refractivity contribution is -0.147. The van der Waals surface area contributed by atoms with E-state index in [0.717, 1.165) is 74.8 Å². The summed E-state index contributed by atoms with van der Waals surface area (Å²) in [5.41, 5.74) is 23.7.